The Hall–Kier alpha value is -5.19. The van der Waals surface area contributed by atoms with Crippen LogP contribution in [0.2, 0.25) is 0 Å². The number of ether oxygens (including phenoxy) is 4. The minimum atomic E-state index is -3.93. The molecule has 0 radical (unpaired) electrons. The zero-order valence-corrected chi connectivity index (χ0v) is 25.4. The molecule has 1 aliphatic carbocycles. The van der Waals surface area contributed by atoms with Gasteiger partial charge in [-0.25, -0.2) is 14.1 Å². The summed E-state index contributed by atoms with van der Waals surface area (Å²) < 4.78 is 90.9. The molecule has 12 nitrogen and oxygen atoms in total. The van der Waals surface area contributed by atoms with Crippen molar-refractivity contribution in [3.05, 3.63) is 59.2 Å². The van der Waals surface area contributed by atoms with Crippen LogP contribution in [0.4, 0.5) is 22.0 Å². The molecular weight excluding hydrogens is 649 g/mol. The van der Waals surface area contributed by atoms with Crippen LogP contribution in [0.5, 0.6) is 23.0 Å². The summed E-state index contributed by atoms with van der Waals surface area (Å²) in [4.78, 5) is 29.9. The predicted molar refractivity (Wildman–Crippen MR) is 156 cm³/mol. The molecule has 2 aromatic carbocycles. The van der Waals surface area contributed by atoms with E-state index in [1.54, 1.807) is 6.92 Å². The number of nitrogens with one attached hydrogen (secondary N) is 1. The molecule has 17 heteroatoms. The maximum Gasteiger partial charge on any atom is 0.586 e. The predicted octanol–water partition coefficient (Wildman–Crippen LogP) is 4.42. The third kappa shape index (κ3) is 6.00. The molecule has 6 rings (SSSR count). The Morgan fingerprint density at radius 2 is 1.94 bits per heavy atom. The second kappa shape index (κ2) is 12.1. The number of fused-ring (bicyclic) bond motifs is 2. The van der Waals surface area contributed by atoms with Gasteiger partial charge in [0.25, 0.3) is 5.91 Å². The summed E-state index contributed by atoms with van der Waals surface area (Å²) in [7, 11) is 1.27. The van der Waals surface area contributed by atoms with Crippen molar-refractivity contribution in [3.63, 3.8) is 0 Å². The number of carbonyl (C=O) groups excluding carboxylic acids is 2. The number of benzene rings is 2. The van der Waals surface area contributed by atoms with E-state index in [0.717, 1.165) is 12.3 Å². The van der Waals surface area contributed by atoms with Gasteiger partial charge in [-0.3, -0.25) is 9.59 Å². The maximum atomic E-state index is 16.5. The van der Waals surface area contributed by atoms with Crippen LogP contribution in [0, 0.1) is 11.7 Å². The molecule has 0 spiro atoms. The Bertz CT molecular complexity index is 1930. The maximum absolute atomic E-state index is 16.5. The van der Waals surface area contributed by atoms with E-state index < -0.39 is 60.7 Å². The van der Waals surface area contributed by atoms with E-state index in [1.165, 1.54) is 31.4 Å². The molecule has 1 atom stereocenters. The van der Waals surface area contributed by atoms with E-state index in [-0.39, 0.29) is 62.9 Å². The van der Waals surface area contributed by atoms with Gasteiger partial charge in [0.2, 0.25) is 5.91 Å². The molecule has 2 aliphatic rings. The summed E-state index contributed by atoms with van der Waals surface area (Å²) in [5.41, 5.74) is 2.44. The Morgan fingerprint density at radius 3 is 2.58 bits per heavy atom. The molecule has 4 N–H and O–H groups in total. The third-order valence-electron chi connectivity index (χ3n) is 7.95. The number of aromatic nitrogens is 3. The normalized spacial score (nSPS) is 16.2. The number of hydrogen-bond acceptors (Lipinski definition) is 9. The number of nitrogens with zero attached hydrogens (tertiary/aromatic N) is 3. The van der Waals surface area contributed by atoms with E-state index in [2.05, 4.69) is 24.9 Å². The number of methoxy groups -OCH3 is 1. The lowest BCUT2D eigenvalue weighted by Crippen LogP contribution is -2.44. The van der Waals surface area contributed by atoms with E-state index >= 15 is 4.39 Å². The molecule has 1 saturated carbocycles. The summed E-state index contributed by atoms with van der Waals surface area (Å²) in [5.74, 6) is -4.20. The fourth-order valence-corrected chi connectivity index (χ4v) is 5.62. The van der Waals surface area contributed by atoms with Crippen molar-refractivity contribution >= 4 is 22.7 Å². The average Bonchev–Trinajstić information content (AvgIpc) is 3.72. The van der Waals surface area contributed by atoms with Gasteiger partial charge in [-0.1, -0.05) is 0 Å². The molecule has 48 heavy (non-hydrogen) atoms. The Labute approximate surface area is 268 Å². The second-order valence-electron chi connectivity index (χ2n) is 11.2. The lowest BCUT2D eigenvalue weighted by Gasteiger charge is -2.30. The first-order chi connectivity index (χ1) is 22.7. The van der Waals surface area contributed by atoms with Crippen LogP contribution in [0.3, 0.4) is 0 Å². The highest BCUT2D eigenvalue weighted by atomic mass is 19.3. The topological polar surface area (TPSA) is 160 Å². The quantitative estimate of drug-likeness (QED) is 0.185. The minimum Gasteiger partial charge on any atom is -0.494 e. The van der Waals surface area contributed by atoms with Gasteiger partial charge in [0.15, 0.2) is 23.1 Å². The third-order valence-corrected chi connectivity index (χ3v) is 7.95. The largest absolute Gasteiger partial charge is 0.586 e. The molecule has 3 heterocycles. The molecule has 1 aliphatic heterocycles. The van der Waals surface area contributed by atoms with Gasteiger partial charge in [-0.2, -0.15) is 13.9 Å². The van der Waals surface area contributed by atoms with Crippen LogP contribution in [0.25, 0.3) is 22.2 Å². The van der Waals surface area contributed by atoms with Crippen LogP contribution < -0.4 is 30.0 Å². The lowest BCUT2D eigenvalue weighted by molar-refractivity contribution is -0.286. The molecule has 4 aromatic rings. The Balaban J connectivity index is 1.41. The van der Waals surface area contributed by atoms with Gasteiger partial charge in [0.1, 0.15) is 28.3 Å². The van der Waals surface area contributed by atoms with Gasteiger partial charge >= 0.3 is 12.8 Å². The first-order valence-corrected chi connectivity index (χ1v) is 14.6. The first kappa shape index (κ1) is 32.7. The Kier molecular flexibility index (Phi) is 8.26. The van der Waals surface area contributed by atoms with Gasteiger partial charge in [0.05, 0.1) is 26.7 Å². The number of alkyl halides is 4. The fraction of sp³-hybridized carbons (Fsp3) is 0.355. The number of aliphatic hydroxyl groups is 1. The SMILES string of the molecule is CCOc1c(-c2ccc3c(c2)OC(F)(F)O3)nc([C@@](O)(CNC(=O)c2cc(OC)c3nn(C(F)F)cc3c2)C2CC2)c(F)c1CC(N)=O. The second-order valence-corrected chi connectivity index (χ2v) is 11.2. The van der Waals surface area contributed by atoms with Gasteiger partial charge in [-0.05, 0) is 56.0 Å². The number of nitrogens with two attached hydrogens (primary N) is 1. The number of amides is 2. The highest BCUT2D eigenvalue weighted by Gasteiger charge is 2.49. The average molecular weight is 678 g/mol. The van der Waals surface area contributed by atoms with Crippen LogP contribution in [-0.2, 0) is 16.8 Å². The van der Waals surface area contributed by atoms with Crippen molar-refractivity contribution in [2.24, 2.45) is 11.7 Å². The smallest absolute Gasteiger partial charge is 0.494 e. The van der Waals surface area contributed by atoms with Crippen molar-refractivity contribution in [1.29, 1.82) is 0 Å². The van der Waals surface area contributed by atoms with Crippen molar-refractivity contribution < 1.29 is 55.6 Å². The molecule has 2 aromatic heterocycles. The number of rotatable bonds is 12. The molecule has 2 amide bonds. The summed E-state index contributed by atoms with van der Waals surface area (Å²) in [6.45, 7) is -1.94. The summed E-state index contributed by atoms with van der Waals surface area (Å²) in [5, 5.41) is 18.6. The van der Waals surface area contributed by atoms with Gasteiger partial charge < -0.3 is 35.1 Å². The zero-order valence-electron chi connectivity index (χ0n) is 25.4. The van der Waals surface area contributed by atoms with Crippen LogP contribution in [0.15, 0.2) is 36.5 Å². The monoisotopic (exact) mass is 677 g/mol. The van der Waals surface area contributed by atoms with Crippen molar-refractivity contribution in [2.75, 3.05) is 20.3 Å². The molecule has 0 bridgehead atoms. The number of carbonyl (C=O) groups is 2. The van der Waals surface area contributed by atoms with Crippen LogP contribution >= 0.6 is 0 Å². The highest BCUT2D eigenvalue weighted by molar-refractivity contribution is 6.00. The molecule has 1 fully saturated rings. The molecular formula is C31H28F5N5O7. The minimum absolute atomic E-state index is 0.0190. The fourth-order valence-electron chi connectivity index (χ4n) is 5.62. The number of halogens is 5. The summed E-state index contributed by atoms with van der Waals surface area (Å²) >= 11 is 0. The summed E-state index contributed by atoms with van der Waals surface area (Å²) in [6, 6.07) is 6.26. The van der Waals surface area contributed by atoms with Gasteiger partial charge in [0, 0.05) is 28.3 Å². The number of pyridine rings is 1. The van der Waals surface area contributed by atoms with Crippen LogP contribution in [-0.4, -0.2) is 58.2 Å². The van der Waals surface area contributed by atoms with E-state index in [0.29, 0.717) is 17.5 Å². The zero-order chi connectivity index (χ0) is 34.5. The van der Waals surface area contributed by atoms with Crippen molar-refractivity contribution in [3.8, 4) is 34.3 Å². The van der Waals surface area contributed by atoms with E-state index in [9.17, 15) is 32.3 Å². The van der Waals surface area contributed by atoms with Crippen LogP contribution in [0.1, 0.15) is 47.9 Å². The van der Waals surface area contributed by atoms with Gasteiger partial charge in [-0.15, -0.1) is 8.78 Å². The van der Waals surface area contributed by atoms with E-state index in [1.807, 2.05) is 0 Å². The molecule has 0 unspecified atom stereocenters. The van der Waals surface area contributed by atoms with Crippen molar-refractivity contribution in [2.45, 2.75) is 44.6 Å². The highest BCUT2D eigenvalue weighted by Crippen LogP contribution is 2.49. The molecule has 0 saturated heterocycles. The number of hydrogen-bond donors (Lipinski definition) is 3. The number of primary amides is 1. The Morgan fingerprint density at radius 1 is 1.21 bits per heavy atom. The standard InChI is InChI=1S/C31H28F5N5O7/c1-3-46-26-18(11-22(37)42)23(32)27(39-25(26)14-4-7-19-20(9-14)48-31(35,36)47-19)30(44,17-5-6-17)13-38-28(43)15-8-16-12-41(29(33)34)40-24(16)21(10-15)45-2/h4,7-10,12,17,29,44H,3,5-6,11,13H2,1-2H3,(H2,37,42)(H,38,43)/t30-/m1/s1. The first-order valence-electron chi connectivity index (χ1n) is 14.6. The van der Waals surface area contributed by atoms with Crippen molar-refractivity contribution in [1.82, 2.24) is 20.1 Å². The summed E-state index contributed by atoms with van der Waals surface area (Å²) in [6.07, 6.45) is -2.71. The van der Waals surface area contributed by atoms with E-state index in [4.69, 9.17) is 15.2 Å². The molecule has 254 valence electrons. The lowest BCUT2D eigenvalue weighted by atomic mass is 9.89.